The van der Waals surface area contributed by atoms with Crippen LogP contribution in [0.2, 0.25) is 0 Å². The Hall–Kier alpha value is -3.60. The van der Waals surface area contributed by atoms with Gasteiger partial charge in [-0.3, -0.25) is 4.79 Å². The van der Waals surface area contributed by atoms with Gasteiger partial charge in [-0.1, -0.05) is 48.5 Å². The summed E-state index contributed by atoms with van der Waals surface area (Å²) < 4.78 is 0. The summed E-state index contributed by atoms with van der Waals surface area (Å²) in [6.07, 6.45) is 0.982. The number of carboxylic acid groups (broad SMARTS) is 1. The molecule has 0 unspecified atom stereocenters. The molecule has 5 heteroatoms. The van der Waals surface area contributed by atoms with Crippen molar-refractivity contribution in [2.24, 2.45) is 0 Å². The number of nitrogens with zero attached hydrogens (tertiary/aromatic N) is 1. The summed E-state index contributed by atoms with van der Waals surface area (Å²) >= 11 is 0. The fraction of sp³-hybridized carbons (Fsp3) is 0.167. The van der Waals surface area contributed by atoms with E-state index in [1.807, 2.05) is 24.3 Å². The third-order valence-electron chi connectivity index (χ3n) is 5.32. The van der Waals surface area contributed by atoms with E-state index in [9.17, 15) is 14.7 Å². The average Bonchev–Trinajstić information content (AvgIpc) is 3.25. The number of amides is 1. The van der Waals surface area contributed by atoms with E-state index >= 15 is 0 Å². The molecule has 2 N–H and O–H groups in total. The Morgan fingerprint density at radius 1 is 0.931 bits per heavy atom. The highest BCUT2D eigenvalue weighted by Gasteiger charge is 2.27. The molecule has 0 aliphatic carbocycles. The largest absolute Gasteiger partial charge is 0.478 e. The van der Waals surface area contributed by atoms with Crippen LogP contribution in [0.15, 0.2) is 78.9 Å². The standard InChI is InChI=1S/C24H22N2O3/c27-23(18-9-5-2-6-10-18)25-20-11-12-22(21(15-20)24(28)29)26-14-13-19(16-26)17-7-3-1-4-8-17/h1-12,15,19H,13-14,16H2,(H,25,27)(H,28,29)/t19-/m1/s1. The van der Waals surface area contributed by atoms with Crippen LogP contribution >= 0.6 is 0 Å². The first kappa shape index (κ1) is 18.7. The second-order valence-electron chi connectivity index (χ2n) is 7.20. The molecule has 3 aromatic carbocycles. The molecule has 1 atom stereocenters. The zero-order valence-corrected chi connectivity index (χ0v) is 15.9. The van der Waals surface area contributed by atoms with Crippen LogP contribution in [0.3, 0.4) is 0 Å². The van der Waals surface area contributed by atoms with Crippen LogP contribution in [-0.2, 0) is 0 Å². The van der Waals surface area contributed by atoms with Crippen molar-refractivity contribution >= 4 is 23.3 Å². The van der Waals surface area contributed by atoms with E-state index in [2.05, 4.69) is 22.3 Å². The van der Waals surface area contributed by atoms with Gasteiger partial charge < -0.3 is 15.3 Å². The van der Waals surface area contributed by atoms with Gasteiger partial charge in [0.1, 0.15) is 0 Å². The molecule has 1 aliphatic rings. The van der Waals surface area contributed by atoms with Gasteiger partial charge in [-0.2, -0.15) is 0 Å². The number of benzene rings is 3. The van der Waals surface area contributed by atoms with Gasteiger partial charge in [0.05, 0.1) is 11.3 Å². The molecule has 1 aliphatic heterocycles. The van der Waals surface area contributed by atoms with E-state index in [0.29, 0.717) is 22.9 Å². The lowest BCUT2D eigenvalue weighted by atomic mass is 9.99. The third kappa shape index (κ3) is 4.14. The van der Waals surface area contributed by atoms with Gasteiger partial charge in [-0.05, 0) is 42.3 Å². The summed E-state index contributed by atoms with van der Waals surface area (Å²) in [5.41, 5.74) is 3.16. The van der Waals surface area contributed by atoms with Gasteiger partial charge in [-0.25, -0.2) is 4.79 Å². The van der Waals surface area contributed by atoms with Crippen LogP contribution < -0.4 is 10.2 Å². The molecule has 1 fully saturated rings. The zero-order valence-electron chi connectivity index (χ0n) is 15.9. The maximum atomic E-state index is 12.4. The van der Waals surface area contributed by atoms with Crippen molar-refractivity contribution in [2.45, 2.75) is 12.3 Å². The summed E-state index contributed by atoms with van der Waals surface area (Å²) in [5.74, 6) is -0.880. The van der Waals surface area contributed by atoms with Gasteiger partial charge in [0, 0.05) is 30.3 Å². The Morgan fingerprint density at radius 2 is 1.62 bits per heavy atom. The first-order chi connectivity index (χ1) is 14.1. The summed E-state index contributed by atoms with van der Waals surface area (Å²) in [5, 5.41) is 12.5. The lowest BCUT2D eigenvalue weighted by Crippen LogP contribution is -2.22. The summed E-state index contributed by atoms with van der Waals surface area (Å²) in [6, 6.07) is 24.2. The van der Waals surface area contributed by atoms with Crippen LogP contribution in [0, 0.1) is 0 Å². The topological polar surface area (TPSA) is 69.6 Å². The van der Waals surface area contributed by atoms with Gasteiger partial charge in [-0.15, -0.1) is 0 Å². The van der Waals surface area contributed by atoms with Crippen molar-refractivity contribution < 1.29 is 14.7 Å². The van der Waals surface area contributed by atoms with E-state index in [1.165, 1.54) is 11.6 Å². The molecule has 3 aromatic rings. The molecule has 0 bridgehead atoms. The Labute approximate surface area is 169 Å². The molecule has 5 nitrogen and oxygen atoms in total. The molecule has 1 heterocycles. The minimum atomic E-state index is -1.00. The Morgan fingerprint density at radius 3 is 2.31 bits per heavy atom. The summed E-state index contributed by atoms with van der Waals surface area (Å²) in [4.78, 5) is 26.4. The fourth-order valence-electron chi connectivity index (χ4n) is 3.83. The van der Waals surface area contributed by atoms with Gasteiger partial charge in [0.25, 0.3) is 5.91 Å². The molecule has 4 rings (SSSR count). The predicted molar refractivity (Wildman–Crippen MR) is 114 cm³/mol. The smallest absolute Gasteiger partial charge is 0.337 e. The normalized spacial score (nSPS) is 15.9. The number of rotatable bonds is 5. The number of hydrogen-bond acceptors (Lipinski definition) is 3. The first-order valence-corrected chi connectivity index (χ1v) is 9.65. The number of hydrogen-bond donors (Lipinski definition) is 2. The van der Waals surface area contributed by atoms with Crippen molar-refractivity contribution in [1.82, 2.24) is 0 Å². The Balaban J connectivity index is 1.54. The number of carbonyl (C=O) groups is 2. The molecular weight excluding hydrogens is 364 g/mol. The number of aromatic carboxylic acids is 1. The fourth-order valence-corrected chi connectivity index (χ4v) is 3.83. The van der Waals surface area contributed by atoms with Gasteiger partial charge >= 0.3 is 5.97 Å². The number of carbonyl (C=O) groups excluding carboxylic acids is 1. The second-order valence-corrected chi connectivity index (χ2v) is 7.20. The lowest BCUT2D eigenvalue weighted by Gasteiger charge is -2.21. The van der Waals surface area contributed by atoms with Crippen molar-refractivity contribution in [3.8, 4) is 0 Å². The van der Waals surface area contributed by atoms with Gasteiger partial charge in [0.15, 0.2) is 0 Å². The highest BCUT2D eigenvalue weighted by Crippen LogP contribution is 2.33. The minimum Gasteiger partial charge on any atom is -0.478 e. The highest BCUT2D eigenvalue weighted by atomic mass is 16.4. The van der Waals surface area contributed by atoms with Crippen molar-refractivity contribution in [2.75, 3.05) is 23.3 Å². The van der Waals surface area contributed by atoms with Crippen LogP contribution in [0.4, 0.5) is 11.4 Å². The van der Waals surface area contributed by atoms with Crippen LogP contribution in [0.5, 0.6) is 0 Å². The van der Waals surface area contributed by atoms with Crippen molar-refractivity contribution in [3.05, 3.63) is 95.6 Å². The zero-order chi connectivity index (χ0) is 20.2. The molecule has 0 spiro atoms. The predicted octanol–water partition coefficient (Wildman–Crippen LogP) is 4.63. The van der Waals surface area contributed by atoms with Crippen LogP contribution in [-0.4, -0.2) is 30.1 Å². The Kier molecular flexibility index (Phi) is 5.29. The minimum absolute atomic E-state index is 0.199. The summed E-state index contributed by atoms with van der Waals surface area (Å²) in [6.45, 7) is 1.58. The molecule has 0 aromatic heterocycles. The molecule has 146 valence electrons. The Bertz CT molecular complexity index is 1020. The maximum absolute atomic E-state index is 12.4. The lowest BCUT2D eigenvalue weighted by molar-refractivity contribution is 0.0697. The summed E-state index contributed by atoms with van der Waals surface area (Å²) in [7, 11) is 0. The molecule has 0 saturated carbocycles. The number of anilines is 2. The number of nitrogens with one attached hydrogen (secondary N) is 1. The van der Waals surface area contributed by atoms with Crippen LogP contribution in [0.25, 0.3) is 0 Å². The van der Waals surface area contributed by atoms with E-state index < -0.39 is 5.97 Å². The van der Waals surface area contributed by atoms with E-state index in [4.69, 9.17) is 0 Å². The molecular formula is C24H22N2O3. The number of carboxylic acids is 1. The van der Waals surface area contributed by atoms with E-state index in [1.54, 1.807) is 36.4 Å². The first-order valence-electron chi connectivity index (χ1n) is 9.65. The molecule has 0 radical (unpaired) electrons. The average molecular weight is 386 g/mol. The van der Waals surface area contributed by atoms with Gasteiger partial charge in [0.2, 0.25) is 0 Å². The SMILES string of the molecule is O=C(Nc1ccc(N2CC[C@@H](c3ccccc3)C2)c(C(=O)O)c1)c1ccccc1. The van der Waals surface area contributed by atoms with Crippen molar-refractivity contribution in [3.63, 3.8) is 0 Å². The highest BCUT2D eigenvalue weighted by molar-refractivity contribution is 6.05. The molecule has 1 amide bonds. The van der Waals surface area contributed by atoms with Crippen molar-refractivity contribution in [1.29, 1.82) is 0 Å². The van der Waals surface area contributed by atoms with E-state index in [-0.39, 0.29) is 11.5 Å². The quantitative estimate of drug-likeness (QED) is 0.671. The molecule has 29 heavy (non-hydrogen) atoms. The van der Waals surface area contributed by atoms with E-state index in [0.717, 1.165) is 19.5 Å². The third-order valence-corrected chi connectivity index (χ3v) is 5.32. The van der Waals surface area contributed by atoms with Crippen LogP contribution in [0.1, 0.15) is 38.6 Å². The maximum Gasteiger partial charge on any atom is 0.337 e. The molecule has 1 saturated heterocycles. The monoisotopic (exact) mass is 386 g/mol. The second kappa shape index (κ2) is 8.19.